The van der Waals surface area contributed by atoms with Crippen molar-refractivity contribution in [2.45, 2.75) is 168 Å². The van der Waals surface area contributed by atoms with Crippen LogP contribution in [-0.2, 0) is 33.2 Å². The number of thiocarbonyl (C=S) groups is 2. The van der Waals surface area contributed by atoms with Gasteiger partial charge in [-0.25, -0.2) is 9.59 Å². The van der Waals surface area contributed by atoms with Gasteiger partial charge in [-0.3, -0.25) is 0 Å². The van der Waals surface area contributed by atoms with E-state index in [4.69, 9.17) is 50.5 Å². The maximum absolute atomic E-state index is 11.4. The van der Waals surface area contributed by atoms with Crippen LogP contribution in [0.3, 0.4) is 0 Å². The van der Waals surface area contributed by atoms with Gasteiger partial charge in [0, 0.05) is 59.2 Å². The summed E-state index contributed by atoms with van der Waals surface area (Å²) in [5.41, 5.74) is 0. The van der Waals surface area contributed by atoms with Crippen LogP contribution in [0.1, 0.15) is 68.2 Å². The van der Waals surface area contributed by atoms with E-state index >= 15 is 0 Å². The van der Waals surface area contributed by atoms with Crippen molar-refractivity contribution in [3.05, 3.63) is 0 Å². The van der Waals surface area contributed by atoms with Crippen LogP contribution in [0.2, 0.25) is 51.4 Å². The van der Waals surface area contributed by atoms with Crippen molar-refractivity contribution in [2.75, 3.05) is 12.4 Å². The van der Waals surface area contributed by atoms with E-state index in [9.17, 15) is 14.7 Å². The van der Waals surface area contributed by atoms with Crippen molar-refractivity contribution in [2.24, 2.45) is 0 Å². The fourth-order valence-electron chi connectivity index (χ4n) is 3.34. The van der Waals surface area contributed by atoms with Gasteiger partial charge in [0.1, 0.15) is 36.6 Å². The van der Waals surface area contributed by atoms with Crippen molar-refractivity contribution >= 4 is 74.3 Å². The number of hydrogen-bond donors (Lipinski definition) is 2. The lowest BCUT2D eigenvalue weighted by Gasteiger charge is -2.23. The molecule has 284 valence electrons. The summed E-state index contributed by atoms with van der Waals surface area (Å²) >= 11 is 10.8. The lowest BCUT2D eigenvalue weighted by atomic mass is 10.2. The zero-order valence-electron chi connectivity index (χ0n) is 31.7. The van der Waals surface area contributed by atoms with Crippen LogP contribution >= 0.6 is 36.2 Å². The van der Waals surface area contributed by atoms with Gasteiger partial charge >= 0.3 is 21.9 Å². The van der Waals surface area contributed by atoms with Gasteiger partial charge in [0.25, 0.3) is 0 Å². The van der Waals surface area contributed by atoms with Gasteiger partial charge in [-0.15, -0.1) is 0 Å². The van der Waals surface area contributed by atoms with Crippen molar-refractivity contribution in [1.82, 2.24) is 0 Å². The Bertz CT molecular complexity index is 919. The van der Waals surface area contributed by atoms with Crippen LogP contribution in [-0.4, -0.2) is 109 Å². The van der Waals surface area contributed by atoms with Crippen molar-refractivity contribution in [1.29, 1.82) is 0 Å². The second-order valence-electron chi connectivity index (χ2n) is 14.6. The molecule has 0 aliphatic carbocycles. The SMILES string of the molecule is CC(O)C(C)OC(=S)OCC[Si](C)(C)C.CC(O)CC(C)OC(=O)SCC[Si](C)(C)C.CC1CC(C)OC(=O)O1.CC1OC(=S)OC1C. The fraction of sp³-hybridized carbons (Fsp3) is 0.875. The first-order valence-electron chi connectivity index (χ1n) is 16.6. The molecular formula is C32H64O11S3Si2. The van der Waals surface area contributed by atoms with E-state index in [2.05, 4.69) is 51.5 Å². The second-order valence-corrected chi connectivity index (χ2v) is 27.6. The first kappa shape index (κ1) is 48.9. The molecule has 0 radical (unpaired) electrons. The monoisotopic (exact) mass is 776 g/mol. The molecule has 2 fully saturated rings. The molecular weight excluding hydrogens is 713 g/mol. The minimum atomic E-state index is -1.08. The Morgan fingerprint density at radius 1 is 0.875 bits per heavy atom. The Kier molecular flexibility index (Phi) is 25.4. The molecule has 2 heterocycles. The third-order valence-electron chi connectivity index (χ3n) is 6.56. The summed E-state index contributed by atoms with van der Waals surface area (Å²) in [7, 11) is -2.13. The molecule has 2 aliphatic rings. The van der Waals surface area contributed by atoms with Gasteiger partial charge in [0.2, 0.25) is 0 Å². The Balaban J connectivity index is 0. The average molecular weight is 777 g/mol. The van der Waals surface area contributed by atoms with Gasteiger partial charge < -0.3 is 43.4 Å². The summed E-state index contributed by atoms with van der Waals surface area (Å²) < 4.78 is 35.0. The van der Waals surface area contributed by atoms with Crippen molar-refractivity contribution < 1.29 is 53.0 Å². The van der Waals surface area contributed by atoms with Crippen LogP contribution in [0, 0.1) is 0 Å². The number of carbonyl (C=O) groups excluding carboxylic acids is 2. The van der Waals surface area contributed by atoms with Gasteiger partial charge in [-0.1, -0.05) is 39.3 Å². The van der Waals surface area contributed by atoms with E-state index in [0.29, 0.717) is 13.0 Å². The number of aliphatic hydroxyl groups is 2. The highest BCUT2D eigenvalue weighted by Crippen LogP contribution is 2.17. The largest absolute Gasteiger partial charge is 0.508 e. The summed E-state index contributed by atoms with van der Waals surface area (Å²) in [6.07, 6.45) is -0.435. The van der Waals surface area contributed by atoms with Crippen molar-refractivity contribution in [3.63, 3.8) is 0 Å². The zero-order chi connectivity index (χ0) is 37.8. The molecule has 48 heavy (non-hydrogen) atoms. The van der Waals surface area contributed by atoms with Crippen LogP contribution in [0.5, 0.6) is 0 Å². The molecule has 2 aliphatic heterocycles. The standard InChI is InChI=1S/C11H24O3SSi.C10H22O3SSi.C6H10O3.C5H8O2S/c1-9(12)8-10(2)14-11(13)15-6-7-16(3,4)5;1-8(11)9(2)13-10(14)12-6-7-15(3,4)5;1-4-3-5(2)9-6(7)8-4;1-3-4(2)7-5(8)6-3/h9-10,12H,6-8H2,1-5H3;8-9,11H,6-7H2,1-5H3;4-5H,3H2,1-2H3;3-4H,1-2H3. The Morgan fingerprint density at radius 3 is 1.71 bits per heavy atom. The molecule has 0 spiro atoms. The lowest BCUT2D eigenvalue weighted by Crippen LogP contribution is -2.30. The smallest absolute Gasteiger partial charge is 0.457 e. The number of thioether (sulfide) groups is 1. The Hall–Kier alpha value is -1.18. The maximum atomic E-state index is 11.4. The first-order chi connectivity index (χ1) is 21.8. The lowest BCUT2D eigenvalue weighted by molar-refractivity contribution is -0.0473. The predicted molar refractivity (Wildman–Crippen MR) is 207 cm³/mol. The fourth-order valence-corrected chi connectivity index (χ4v) is 7.84. The number of cyclic esters (lactones) is 2. The van der Waals surface area contributed by atoms with Crippen molar-refractivity contribution in [3.8, 4) is 0 Å². The molecule has 16 heteroatoms. The Labute approximate surface area is 306 Å². The van der Waals surface area contributed by atoms with E-state index in [1.54, 1.807) is 20.8 Å². The molecule has 2 N–H and O–H groups in total. The summed E-state index contributed by atoms with van der Waals surface area (Å²) in [5.74, 6) is 0.843. The van der Waals surface area contributed by atoms with E-state index in [1.165, 1.54) is 11.8 Å². The second kappa shape index (κ2) is 24.9. The van der Waals surface area contributed by atoms with E-state index in [0.717, 1.165) is 24.3 Å². The molecule has 0 aromatic carbocycles. The highest BCUT2D eigenvalue weighted by molar-refractivity contribution is 8.13. The third kappa shape index (κ3) is 30.9. The highest BCUT2D eigenvalue weighted by Gasteiger charge is 2.25. The number of hydrogen-bond acceptors (Lipinski definition) is 14. The molecule has 8 unspecified atom stereocenters. The molecule has 11 nitrogen and oxygen atoms in total. The van der Waals surface area contributed by atoms with Crippen LogP contribution < -0.4 is 0 Å². The Morgan fingerprint density at radius 2 is 1.35 bits per heavy atom. The molecule has 2 rings (SSSR count). The molecule has 0 bridgehead atoms. The quantitative estimate of drug-likeness (QED) is 0.118. The zero-order valence-corrected chi connectivity index (χ0v) is 36.1. The van der Waals surface area contributed by atoms with Crippen LogP contribution in [0.15, 0.2) is 0 Å². The summed E-state index contributed by atoms with van der Waals surface area (Å²) in [6, 6.07) is 2.18. The van der Waals surface area contributed by atoms with E-state index < -0.39 is 34.5 Å². The minimum absolute atomic E-state index is 0.0150. The third-order valence-corrected chi connectivity index (χ3v) is 11.5. The highest BCUT2D eigenvalue weighted by atomic mass is 32.2. The van der Waals surface area contributed by atoms with Gasteiger partial charge in [0.15, 0.2) is 0 Å². The van der Waals surface area contributed by atoms with E-state index in [1.807, 2.05) is 34.6 Å². The van der Waals surface area contributed by atoms with E-state index in [-0.39, 0.29) is 52.4 Å². The summed E-state index contributed by atoms with van der Waals surface area (Å²) in [6.45, 7) is 28.8. The minimum Gasteiger partial charge on any atom is -0.457 e. The topological polar surface area (TPSA) is 139 Å². The number of ether oxygens (including phenoxy) is 7. The average Bonchev–Trinajstić information content (AvgIpc) is 3.16. The summed E-state index contributed by atoms with van der Waals surface area (Å²) in [5, 5.41) is 18.5. The number of aliphatic hydroxyl groups excluding tert-OH is 2. The van der Waals surface area contributed by atoms with Gasteiger partial charge in [-0.05, 0) is 79.2 Å². The van der Waals surface area contributed by atoms with Gasteiger partial charge in [0.05, 0.1) is 18.8 Å². The predicted octanol–water partition coefficient (Wildman–Crippen LogP) is 8.18. The number of rotatable bonds is 11. The molecule has 0 aromatic rings. The van der Waals surface area contributed by atoms with Gasteiger partial charge in [-0.2, -0.15) is 0 Å². The summed E-state index contributed by atoms with van der Waals surface area (Å²) in [4.78, 5) is 21.8. The molecule has 0 saturated carbocycles. The molecule has 8 atom stereocenters. The normalized spacial score (nSPS) is 22.8. The molecule has 0 amide bonds. The van der Waals surface area contributed by atoms with Crippen LogP contribution in [0.4, 0.5) is 9.59 Å². The molecule has 2 saturated heterocycles. The van der Waals surface area contributed by atoms with Crippen LogP contribution in [0.25, 0.3) is 0 Å². The number of carbonyl (C=O) groups is 2. The molecule has 0 aromatic heterocycles. The first-order valence-corrected chi connectivity index (χ1v) is 25.8. The maximum Gasteiger partial charge on any atom is 0.508 e.